The van der Waals surface area contributed by atoms with Crippen LogP contribution < -0.4 is 5.32 Å². The molecule has 0 aliphatic rings. The average Bonchev–Trinajstić information content (AvgIpc) is 2.75. The Balaban J connectivity index is 2.19. The summed E-state index contributed by atoms with van der Waals surface area (Å²) in [7, 11) is 3.67. The Morgan fingerprint density at radius 1 is 1.50 bits per heavy atom. The molecule has 0 aliphatic carbocycles. The Hall–Kier alpha value is -1.27. The van der Waals surface area contributed by atoms with Crippen molar-refractivity contribution in [2.24, 2.45) is 7.05 Å². The quantitative estimate of drug-likeness (QED) is 0.941. The van der Waals surface area contributed by atoms with E-state index < -0.39 is 0 Å². The zero-order valence-electron chi connectivity index (χ0n) is 10.2. The molecule has 2 rings (SSSR count). The fourth-order valence-electron chi connectivity index (χ4n) is 1.81. The molecule has 6 heteroatoms. The second-order valence-corrected chi connectivity index (χ2v) is 4.96. The van der Waals surface area contributed by atoms with Crippen LogP contribution in [0, 0.1) is 5.82 Å². The summed E-state index contributed by atoms with van der Waals surface area (Å²) in [4.78, 5) is 0. The molecule has 1 unspecified atom stereocenters. The van der Waals surface area contributed by atoms with Crippen molar-refractivity contribution in [3.05, 3.63) is 45.9 Å². The number of aromatic nitrogens is 3. The van der Waals surface area contributed by atoms with Crippen molar-refractivity contribution >= 4 is 15.9 Å². The fourth-order valence-corrected chi connectivity index (χ4v) is 2.06. The van der Waals surface area contributed by atoms with Crippen molar-refractivity contribution in [3.63, 3.8) is 0 Å². The maximum absolute atomic E-state index is 13.5. The molecule has 0 spiro atoms. The van der Waals surface area contributed by atoms with Gasteiger partial charge in [0.15, 0.2) is 0 Å². The highest BCUT2D eigenvalue weighted by molar-refractivity contribution is 9.10. The van der Waals surface area contributed by atoms with Gasteiger partial charge < -0.3 is 5.32 Å². The Bertz CT molecular complexity index is 541. The van der Waals surface area contributed by atoms with Gasteiger partial charge in [-0.3, -0.25) is 4.68 Å². The molecule has 4 nitrogen and oxygen atoms in total. The van der Waals surface area contributed by atoms with Gasteiger partial charge in [0.2, 0.25) is 0 Å². The molecule has 1 aromatic carbocycles. The van der Waals surface area contributed by atoms with E-state index in [9.17, 15) is 4.39 Å². The lowest BCUT2D eigenvalue weighted by Gasteiger charge is -2.15. The number of nitrogens with one attached hydrogen (secondary N) is 1. The Kier molecular flexibility index (Phi) is 4.08. The summed E-state index contributed by atoms with van der Waals surface area (Å²) in [5.41, 5.74) is 1.77. The number of halogens is 2. The highest BCUT2D eigenvalue weighted by atomic mass is 79.9. The van der Waals surface area contributed by atoms with Crippen LogP contribution in [-0.2, 0) is 13.5 Å². The summed E-state index contributed by atoms with van der Waals surface area (Å²) >= 11 is 3.15. The minimum absolute atomic E-state index is 0.0179. The lowest BCUT2D eigenvalue weighted by Crippen LogP contribution is -2.19. The number of hydrogen-bond acceptors (Lipinski definition) is 3. The van der Waals surface area contributed by atoms with E-state index in [1.165, 1.54) is 6.07 Å². The third-order valence-electron chi connectivity index (χ3n) is 2.76. The SMILES string of the molecule is CNC(Cc1cn(C)nn1)c1ccc(Br)c(F)c1. The first-order chi connectivity index (χ1) is 8.60. The third kappa shape index (κ3) is 2.94. The summed E-state index contributed by atoms with van der Waals surface area (Å²) in [6.45, 7) is 0. The molecule has 2 aromatic rings. The van der Waals surface area contributed by atoms with E-state index in [0.29, 0.717) is 10.9 Å². The summed E-state index contributed by atoms with van der Waals surface area (Å²) in [6.07, 6.45) is 2.53. The number of hydrogen-bond donors (Lipinski definition) is 1. The van der Waals surface area contributed by atoms with Crippen LogP contribution in [0.3, 0.4) is 0 Å². The van der Waals surface area contributed by atoms with E-state index in [4.69, 9.17) is 0 Å². The number of aryl methyl sites for hydroxylation is 1. The number of rotatable bonds is 4. The van der Waals surface area contributed by atoms with Crippen LogP contribution in [0.1, 0.15) is 17.3 Å². The third-order valence-corrected chi connectivity index (χ3v) is 3.40. The smallest absolute Gasteiger partial charge is 0.137 e. The van der Waals surface area contributed by atoms with Crippen molar-refractivity contribution in [2.45, 2.75) is 12.5 Å². The van der Waals surface area contributed by atoms with Gasteiger partial charge in [-0.25, -0.2) is 4.39 Å². The van der Waals surface area contributed by atoms with E-state index in [-0.39, 0.29) is 11.9 Å². The predicted molar refractivity (Wildman–Crippen MR) is 70.6 cm³/mol. The minimum Gasteiger partial charge on any atom is -0.313 e. The average molecular weight is 313 g/mol. The maximum Gasteiger partial charge on any atom is 0.137 e. The summed E-state index contributed by atoms with van der Waals surface area (Å²) in [6, 6.07) is 5.15. The van der Waals surface area contributed by atoms with Crippen molar-refractivity contribution in [1.29, 1.82) is 0 Å². The Morgan fingerprint density at radius 3 is 2.83 bits per heavy atom. The summed E-state index contributed by atoms with van der Waals surface area (Å²) < 4.78 is 15.6. The highest BCUT2D eigenvalue weighted by Crippen LogP contribution is 2.22. The summed E-state index contributed by atoms with van der Waals surface area (Å²) in [5, 5.41) is 11.1. The molecule has 0 amide bonds. The maximum atomic E-state index is 13.5. The molecule has 0 bridgehead atoms. The predicted octanol–water partition coefficient (Wildman–Crippen LogP) is 2.22. The largest absolute Gasteiger partial charge is 0.313 e. The number of nitrogens with zero attached hydrogens (tertiary/aromatic N) is 3. The molecule has 0 saturated carbocycles. The van der Waals surface area contributed by atoms with Crippen LogP contribution in [0.25, 0.3) is 0 Å². The van der Waals surface area contributed by atoms with E-state index in [0.717, 1.165) is 11.3 Å². The van der Waals surface area contributed by atoms with Gasteiger partial charge in [0.1, 0.15) is 5.82 Å². The van der Waals surface area contributed by atoms with Crippen LogP contribution in [-0.4, -0.2) is 22.0 Å². The van der Waals surface area contributed by atoms with Gasteiger partial charge in [-0.2, -0.15) is 0 Å². The van der Waals surface area contributed by atoms with Crippen molar-refractivity contribution < 1.29 is 4.39 Å². The van der Waals surface area contributed by atoms with Gasteiger partial charge in [-0.05, 0) is 40.7 Å². The molecule has 0 aliphatic heterocycles. The number of benzene rings is 1. The molecule has 96 valence electrons. The van der Waals surface area contributed by atoms with Crippen LogP contribution in [0.5, 0.6) is 0 Å². The molecule has 18 heavy (non-hydrogen) atoms. The van der Waals surface area contributed by atoms with Gasteiger partial charge in [0.25, 0.3) is 0 Å². The Morgan fingerprint density at radius 2 is 2.28 bits per heavy atom. The van der Waals surface area contributed by atoms with Gasteiger partial charge >= 0.3 is 0 Å². The zero-order chi connectivity index (χ0) is 13.1. The van der Waals surface area contributed by atoms with Crippen molar-refractivity contribution in [2.75, 3.05) is 7.05 Å². The molecule has 1 aromatic heterocycles. The van der Waals surface area contributed by atoms with Crippen LogP contribution in [0.2, 0.25) is 0 Å². The van der Waals surface area contributed by atoms with E-state index >= 15 is 0 Å². The van der Waals surface area contributed by atoms with E-state index in [1.807, 2.05) is 26.4 Å². The van der Waals surface area contributed by atoms with Gasteiger partial charge in [0, 0.05) is 25.7 Å². The fraction of sp³-hybridized carbons (Fsp3) is 0.333. The number of likely N-dealkylation sites (N-methyl/N-ethyl adjacent to an activating group) is 1. The van der Waals surface area contributed by atoms with Gasteiger partial charge in [-0.15, -0.1) is 5.10 Å². The molecule has 0 radical (unpaired) electrons. The van der Waals surface area contributed by atoms with Crippen LogP contribution in [0.15, 0.2) is 28.9 Å². The van der Waals surface area contributed by atoms with Crippen molar-refractivity contribution in [1.82, 2.24) is 20.3 Å². The Labute approximate surface area is 113 Å². The monoisotopic (exact) mass is 312 g/mol. The van der Waals surface area contributed by atoms with E-state index in [2.05, 4.69) is 31.6 Å². The second-order valence-electron chi connectivity index (χ2n) is 4.10. The first kappa shape index (κ1) is 13.2. The summed E-state index contributed by atoms with van der Waals surface area (Å²) in [5.74, 6) is -0.258. The molecule has 0 fully saturated rings. The lowest BCUT2D eigenvalue weighted by molar-refractivity contribution is 0.569. The zero-order valence-corrected chi connectivity index (χ0v) is 11.8. The molecule has 1 atom stereocenters. The second kappa shape index (κ2) is 5.58. The highest BCUT2D eigenvalue weighted by Gasteiger charge is 2.13. The standard InChI is InChI=1S/C12H14BrFN4/c1-15-12(6-9-7-18(2)17-16-9)8-3-4-10(13)11(14)5-8/h3-5,7,12,15H,6H2,1-2H3. The molecule has 0 saturated heterocycles. The van der Waals surface area contributed by atoms with Gasteiger partial charge in [0.05, 0.1) is 10.2 Å². The minimum atomic E-state index is -0.258. The normalized spacial score (nSPS) is 12.7. The first-order valence-corrected chi connectivity index (χ1v) is 6.37. The molecule has 1 heterocycles. The van der Waals surface area contributed by atoms with Crippen molar-refractivity contribution in [3.8, 4) is 0 Å². The molecule has 1 N–H and O–H groups in total. The molecular weight excluding hydrogens is 299 g/mol. The van der Waals surface area contributed by atoms with Crippen LogP contribution >= 0.6 is 15.9 Å². The first-order valence-electron chi connectivity index (χ1n) is 5.57. The molecular formula is C12H14BrFN4. The van der Waals surface area contributed by atoms with Gasteiger partial charge in [-0.1, -0.05) is 11.3 Å². The lowest BCUT2D eigenvalue weighted by atomic mass is 10.0. The van der Waals surface area contributed by atoms with E-state index in [1.54, 1.807) is 10.7 Å². The van der Waals surface area contributed by atoms with Crippen LogP contribution in [0.4, 0.5) is 4.39 Å². The topological polar surface area (TPSA) is 42.7 Å².